The monoisotopic (exact) mass is 129 g/mol. The van der Waals surface area contributed by atoms with Gasteiger partial charge in [-0.2, -0.15) is 0 Å². The quantitative estimate of drug-likeness (QED) is 0.401. The van der Waals surface area contributed by atoms with E-state index in [9.17, 15) is 4.79 Å². The van der Waals surface area contributed by atoms with Crippen molar-refractivity contribution in [2.45, 2.75) is 19.4 Å². The lowest BCUT2D eigenvalue weighted by Crippen LogP contribution is -2.27. The van der Waals surface area contributed by atoms with Crippen molar-refractivity contribution in [3.05, 3.63) is 11.8 Å². The van der Waals surface area contributed by atoms with E-state index in [0.29, 0.717) is 6.29 Å². The second-order valence-corrected chi connectivity index (χ2v) is 2.32. The Morgan fingerprint density at radius 2 is 2.11 bits per heavy atom. The lowest BCUT2D eigenvalue weighted by Gasteiger charge is -2.16. The highest BCUT2D eigenvalue weighted by Crippen LogP contribution is 2.07. The third-order valence-electron chi connectivity index (χ3n) is 0.954. The zero-order valence-electron chi connectivity index (χ0n) is 5.59. The molecule has 0 aliphatic carbocycles. The molecule has 0 aromatic rings. The molecule has 3 heteroatoms. The van der Waals surface area contributed by atoms with Gasteiger partial charge in [0.2, 0.25) is 0 Å². The van der Waals surface area contributed by atoms with Crippen molar-refractivity contribution in [1.29, 1.82) is 0 Å². The second kappa shape index (κ2) is 2.64. The van der Waals surface area contributed by atoms with Crippen molar-refractivity contribution in [3.8, 4) is 0 Å². The molecular weight excluding hydrogens is 118 g/mol. The molecule has 0 aliphatic rings. The normalized spacial score (nSPS) is 13.4. The van der Waals surface area contributed by atoms with E-state index < -0.39 is 5.60 Å². The van der Waals surface area contributed by atoms with Crippen LogP contribution in [0.1, 0.15) is 13.8 Å². The van der Waals surface area contributed by atoms with Gasteiger partial charge in [-0.25, -0.2) is 0 Å². The molecule has 52 valence electrons. The second-order valence-electron chi connectivity index (χ2n) is 2.32. The molecule has 0 aliphatic heterocycles. The van der Waals surface area contributed by atoms with Crippen LogP contribution in [0.4, 0.5) is 0 Å². The number of allylic oxidation sites excluding steroid dienone is 1. The first-order valence-corrected chi connectivity index (χ1v) is 2.62. The minimum Gasteiger partial charge on any atom is -0.400 e. The van der Waals surface area contributed by atoms with Crippen LogP contribution in [-0.4, -0.2) is 17.0 Å². The topological polar surface area (TPSA) is 63.3 Å². The maximum absolute atomic E-state index is 9.79. The number of hydrogen-bond donors (Lipinski definition) is 2. The molecular formula is C6H11NO2. The number of nitrogens with two attached hydrogens (primary N) is 1. The van der Waals surface area contributed by atoms with Gasteiger partial charge in [-0.15, -0.1) is 0 Å². The zero-order valence-corrected chi connectivity index (χ0v) is 5.59. The van der Waals surface area contributed by atoms with Crippen LogP contribution < -0.4 is 5.73 Å². The molecule has 0 fully saturated rings. The fourth-order valence-corrected chi connectivity index (χ4v) is 0.277. The van der Waals surface area contributed by atoms with Gasteiger partial charge in [-0.1, -0.05) is 0 Å². The number of carbonyl (C=O) groups is 1. The molecule has 0 radical (unpaired) electrons. The number of aliphatic hydroxyl groups is 1. The first kappa shape index (κ1) is 8.17. The highest BCUT2D eigenvalue weighted by atomic mass is 16.3. The van der Waals surface area contributed by atoms with Gasteiger partial charge in [0.1, 0.15) is 6.29 Å². The third kappa shape index (κ3) is 2.87. The van der Waals surface area contributed by atoms with E-state index in [1.165, 1.54) is 13.8 Å². The Kier molecular flexibility index (Phi) is 2.40. The van der Waals surface area contributed by atoms with Gasteiger partial charge in [0.05, 0.1) is 5.60 Å². The maximum atomic E-state index is 9.79. The highest BCUT2D eigenvalue weighted by Gasteiger charge is 2.14. The highest BCUT2D eigenvalue weighted by molar-refractivity contribution is 5.66. The Morgan fingerprint density at radius 3 is 2.22 bits per heavy atom. The summed E-state index contributed by atoms with van der Waals surface area (Å²) in [6.07, 6.45) is 1.69. The molecule has 0 amide bonds. The summed E-state index contributed by atoms with van der Waals surface area (Å²) in [5.74, 6) is 0. The van der Waals surface area contributed by atoms with E-state index in [1.807, 2.05) is 0 Å². The molecule has 9 heavy (non-hydrogen) atoms. The number of rotatable bonds is 2. The summed E-state index contributed by atoms with van der Waals surface area (Å²) < 4.78 is 0. The largest absolute Gasteiger partial charge is 0.400 e. The fourth-order valence-electron chi connectivity index (χ4n) is 0.277. The summed E-state index contributed by atoms with van der Waals surface area (Å²) >= 11 is 0. The number of aldehydes is 1. The third-order valence-corrected chi connectivity index (χ3v) is 0.954. The van der Waals surface area contributed by atoms with E-state index in [0.717, 1.165) is 6.08 Å². The Balaban J connectivity index is 4.19. The molecule has 0 saturated heterocycles. The Morgan fingerprint density at radius 1 is 1.67 bits per heavy atom. The summed E-state index contributed by atoms with van der Waals surface area (Å²) in [4.78, 5) is 9.79. The van der Waals surface area contributed by atoms with Gasteiger partial charge in [0, 0.05) is 5.70 Å². The van der Waals surface area contributed by atoms with Crippen LogP contribution in [-0.2, 0) is 4.79 Å². The van der Waals surface area contributed by atoms with Gasteiger partial charge >= 0.3 is 0 Å². The lowest BCUT2D eigenvalue weighted by atomic mass is 10.1. The molecule has 0 atom stereocenters. The van der Waals surface area contributed by atoms with Crippen LogP contribution in [0.15, 0.2) is 11.8 Å². The Hall–Kier alpha value is -0.830. The predicted octanol–water partition coefficient (Wildman–Crippen LogP) is -0.201. The molecule has 0 spiro atoms. The smallest absolute Gasteiger partial charge is 0.144 e. The summed E-state index contributed by atoms with van der Waals surface area (Å²) in [7, 11) is 0. The SMILES string of the molecule is CC(C)(O)C(N)=CC=O. The van der Waals surface area contributed by atoms with E-state index in [4.69, 9.17) is 10.8 Å². The summed E-state index contributed by atoms with van der Waals surface area (Å²) in [6, 6.07) is 0. The minimum atomic E-state index is -1.08. The van der Waals surface area contributed by atoms with Crippen LogP contribution >= 0.6 is 0 Å². The van der Waals surface area contributed by atoms with E-state index >= 15 is 0 Å². The lowest BCUT2D eigenvalue weighted by molar-refractivity contribution is -0.104. The zero-order chi connectivity index (χ0) is 7.49. The molecule has 0 bridgehead atoms. The minimum absolute atomic E-state index is 0.178. The van der Waals surface area contributed by atoms with Gasteiger partial charge in [-0.3, -0.25) is 4.79 Å². The summed E-state index contributed by atoms with van der Waals surface area (Å²) in [6.45, 7) is 3.03. The van der Waals surface area contributed by atoms with Gasteiger partial charge in [-0.05, 0) is 19.9 Å². The van der Waals surface area contributed by atoms with Crippen LogP contribution in [0, 0.1) is 0 Å². The standard InChI is InChI=1S/C6H11NO2/c1-6(2,9)5(7)3-4-8/h3-4,9H,7H2,1-2H3. The van der Waals surface area contributed by atoms with Gasteiger partial charge in [0.15, 0.2) is 0 Å². The van der Waals surface area contributed by atoms with E-state index in [2.05, 4.69) is 0 Å². The molecule has 0 saturated carbocycles. The van der Waals surface area contributed by atoms with Crippen LogP contribution in [0.3, 0.4) is 0 Å². The average molecular weight is 129 g/mol. The van der Waals surface area contributed by atoms with Crippen molar-refractivity contribution in [2.75, 3.05) is 0 Å². The average Bonchev–Trinajstić information content (AvgIpc) is 1.64. The molecule has 3 nitrogen and oxygen atoms in total. The van der Waals surface area contributed by atoms with Crippen molar-refractivity contribution in [1.82, 2.24) is 0 Å². The molecule has 0 aromatic carbocycles. The van der Waals surface area contributed by atoms with Crippen molar-refractivity contribution >= 4 is 6.29 Å². The van der Waals surface area contributed by atoms with Crippen molar-refractivity contribution in [2.24, 2.45) is 5.73 Å². The summed E-state index contributed by atoms with van der Waals surface area (Å²) in [5.41, 5.74) is 4.34. The molecule has 0 unspecified atom stereocenters. The van der Waals surface area contributed by atoms with Crippen LogP contribution in [0.2, 0.25) is 0 Å². The number of carbonyl (C=O) groups excluding carboxylic acids is 1. The molecule has 0 aromatic heterocycles. The molecule has 3 N–H and O–H groups in total. The molecule has 0 rings (SSSR count). The first-order valence-electron chi connectivity index (χ1n) is 2.62. The van der Waals surface area contributed by atoms with Crippen LogP contribution in [0.25, 0.3) is 0 Å². The maximum Gasteiger partial charge on any atom is 0.144 e. The van der Waals surface area contributed by atoms with E-state index in [-0.39, 0.29) is 5.70 Å². The fraction of sp³-hybridized carbons (Fsp3) is 0.500. The van der Waals surface area contributed by atoms with Gasteiger partial charge < -0.3 is 10.8 Å². The van der Waals surface area contributed by atoms with E-state index in [1.54, 1.807) is 0 Å². The van der Waals surface area contributed by atoms with Crippen molar-refractivity contribution < 1.29 is 9.90 Å². The molecule has 0 heterocycles. The predicted molar refractivity (Wildman–Crippen MR) is 34.6 cm³/mol. The Bertz CT molecular complexity index is 132. The first-order chi connectivity index (χ1) is 3.98. The number of hydrogen-bond acceptors (Lipinski definition) is 3. The summed E-state index contributed by atoms with van der Waals surface area (Å²) in [5, 5.41) is 9.07. The van der Waals surface area contributed by atoms with Gasteiger partial charge in [0.25, 0.3) is 0 Å². The van der Waals surface area contributed by atoms with Crippen LogP contribution in [0.5, 0.6) is 0 Å². The Labute approximate surface area is 54.2 Å². The van der Waals surface area contributed by atoms with Crippen molar-refractivity contribution in [3.63, 3.8) is 0 Å².